The summed E-state index contributed by atoms with van der Waals surface area (Å²) in [5, 5.41) is 0. The molecule has 1 saturated heterocycles. The molecule has 2 aliphatic rings. The normalized spacial score (nSPS) is 19.4. The second-order valence-electron chi connectivity index (χ2n) is 7.20. The maximum absolute atomic E-state index is 12.9. The van der Waals surface area contributed by atoms with Crippen molar-refractivity contribution >= 4 is 15.9 Å². The van der Waals surface area contributed by atoms with Crippen LogP contribution in [0.25, 0.3) is 0 Å². The van der Waals surface area contributed by atoms with Gasteiger partial charge in [-0.15, -0.1) is 0 Å². The molecule has 0 saturated carbocycles. The van der Waals surface area contributed by atoms with Crippen LogP contribution in [0.4, 0.5) is 0 Å². The minimum absolute atomic E-state index is 0.142. The van der Waals surface area contributed by atoms with Gasteiger partial charge in [0.25, 0.3) is 0 Å². The summed E-state index contributed by atoms with van der Waals surface area (Å²) in [7, 11) is -3.50. The van der Waals surface area contributed by atoms with Gasteiger partial charge in [0.1, 0.15) is 0 Å². The Morgan fingerprint density at radius 1 is 1.08 bits per heavy atom. The maximum Gasteiger partial charge on any atom is 0.243 e. The van der Waals surface area contributed by atoms with E-state index in [1.807, 2.05) is 12.1 Å². The fraction of sp³-hybridized carbons (Fsp3) is 0.588. The number of fused-ring (bicyclic) bond motifs is 1. The van der Waals surface area contributed by atoms with Crippen molar-refractivity contribution < 1.29 is 13.2 Å². The summed E-state index contributed by atoms with van der Waals surface area (Å²) in [4.78, 5) is 14.2. The van der Waals surface area contributed by atoms with Gasteiger partial charge < -0.3 is 10.6 Å². The number of rotatable bonds is 3. The topological polar surface area (TPSA) is 83.7 Å². The number of nitrogens with two attached hydrogens (primary N) is 1. The molecule has 0 atom stereocenters. The van der Waals surface area contributed by atoms with Crippen LogP contribution in [0.2, 0.25) is 0 Å². The molecule has 0 radical (unpaired) electrons. The molecule has 1 fully saturated rings. The molecule has 1 amide bonds. The number of benzene rings is 1. The van der Waals surface area contributed by atoms with Gasteiger partial charge in [0, 0.05) is 26.2 Å². The van der Waals surface area contributed by atoms with E-state index in [4.69, 9.17) is 5.73 Å². The van der Waals surface area contributed by atoms with E-state index in [0.717, 1.165) is 24.8 Å². The summed E-state index contributed by atoms with van der Waals surface area (Å²) < 4.78 is 27.2. The van der Waals surface area contributed by atoms with Crippen molar-refractivity contribution in [3.05, 3.63) is 29.3 Å². The van der Waals surface area contributed by atoms with Crippen molar-refractivity contribution in [3.8, 4) is 0 Å². The van der Waals surface area contributed by atoms with Gasteiger partial charge in [0.05, 0.1) is 10.4 Å². The Morgan fingerprint density at radius 3 is 2.33 bits per heavy atom. The lowest BCUT2D eigenvalue weighted by atomic mass is 10.1. The number of hydrogen-bond donors (Lipinski definition) is 1. The number of sulfonamides is 1. The summed E-state index contributed by atoms with van der Waals surface area (Å²) in [6, 6.07) is 5.46. The Labute approximate surface area is 143 Å². The molecule has 1 aromatic rings. The molecular formula is C17H25N3O3S. The molecule has 24 heavy (non-hydrogen) atoms. The van der Waals surface area contributed by atoms with Crippen molar-refractivity contribution in [3.63, 3.8) is 0 Å². The third-order valence-corrected chi connectivity index (χ3v) is 6.68. The molecule has 0 aromatic heterocycles. The van der Waals surface area contributed by atoms with Crippen molar-refractivity contribution in [2.45, 2.75) is 43.5 Å². The number of piperazine rings is 1. The van der Waals surface area contributed by atoms with E-state index in [9.17, 15) is 13.2 Å². The SMILES string of the molecule is CC(C)(N)C(=O)N1CCN(S(=O)(=O)c2ccc3c(c2)CCC3)CC1. The lowest BCUT2D eigenvalue weighted by Gasteiger charge is -2.36. The number of carbonyl (C=O) groups excluding carboxylic acids is 1. The molecule has 0 spiro atoms. The summed E-state index contributed by atoms with van der Waals surface area (Å²) in [5.41, 5.74) is 7.33. The van der Waals surface area contributed by atoms with Crippen LogP contribution in [-0.4, -0.2) is 55.2 Å². The predicted molar refractivity (Wildman–Crippen MR) is 92.1 cm³/mol. The molecule has 1 aliphatic carbocycles. The van der Waals surface area contributed by atoms with Gasteiger partial charge >= 0.3 is 0 Å². The first kappa shape index (κ1) is 17.4. The van der Waals surface area contributed by atoms with Gasteiger partial charge in [-0.2, -0.15) is 4.31 Å². The molecule has 1 aromatic carbocycles. The lowest BCUT2D eigenvalue weighted by Crippen LogP contribution is -2.57. The quantitative estimate of drug-likeness (QED) is 0.871. The molecule has 7 heteroatoms. The summed E-state index contributed by atoms with van der Waals surface area (Å²) >= 11 is 0. The molecule has 0 bridgehead atoms. The molecule has 0 unspecified atom stereocenters. The number of amides is 1. The monoisotopic (exact) mass is 351 g/mol. The molecule has 2 N–H and O–H groups in total. The Balaban J connectivity index is 1.73. The third kappa shape index (κ3) is 3.20. The standard InChI is InChI=1S/C17H25N3O3S/c1-17(2,18)16(21)19-8-10-20(11-9-19)24(22,23)15-7-6-13-4-3-5-14(13)12-15/h6-7,12H,3-5,8-11,18H2,1-2H3. The highest BCUT2D eigenvalue weighted by Crippen LogP contribution is 2.26. The highest BCUT2D eigenvalue weighted by Gasteiger charge is 2.34. The van der Waals surface area contributed by atoms with E-state index >= 15 is 0 Å². The first-order chi connectivity index (χ1) is 11.2. The maximum atomic E-state index is 12.9. The number of aryl methyl sites for hydroxylation is 2. The van der Waals surface area contributed by atoms with Gasteiger partial charge in [-0.05, 0) is 56.4 Å². The zero-order valence-electron chi connectivity index (χ0n) is 14.3. The predicted octanol–water partition coefficient (Wildman–Crippen LogP) is 0.746. The largest absolute Gasteiger partial charge is 0.338 e. The third-order valence-electron chi connectivity index (χ3n) is 4.78. The number of nitrogens with zero attached hydrogens (tertiary/aromatic N) is 2. The van der Waals surface area contributed by atoms with Crippen LogP contribution in [0, 0.1) is 0 Å². The minimum atomic E-state index is -3.50. The number of carbonyl (C=O) groups is 1. The first-order valence-electron chi connectivity index (χ1n) is 8.40. The van der Waals surface area contributed by atoms with Gasteiger partial charge in [-0.25, -0.2) is 8.42 Å². The van der Waals surface area contributed by atoms with Crippen LogP contribution in [0.1, 0.15) is 31.4 Å². The van der Waals surface area contributed by atoms with E-state index in [-0.39, 0.29) is 5.91 Å². The highest BCUT2D eigenvalue weighted by molar-refractivity contribution is 7.89. The van der Waals surface area contributed by atoms with Crippen LogP contribution in [-0.2, 0) is 27.7 Å². The summed E-state index contributed by atoms with van der Waals surface area (Å²) in [6.45, 7) is 4.71. The van der Waals surface area contributed by atoms with Crippen LogP contribution in [0.3, 0.4) is 0 Å². The van der Waals surface area contributed by atoms with E-state index < -0.39 is 15.6 Å². The van der Waals surface area contributed by atoms with E-state index in [1.165, 1.54) is 9.87 Å². The lowest BCUT2D eigenvalue weighted by molar-refractivity contribution is -0.137. The van der Waals surface area contributed by atoms with Crippen LogP contribution < -0.4 is 5.73 Å². The average Bonchev–Trinajstić information content (AvgIpc) is 3.01. The molecule has 6 nitrogen and oxygen atoms in total. The second kappa shape index (κ2) is 6.13. The minimum Gasteiger partial charge on any atom is -0.338 e. The van der Waals surface area contributed by atoms with Crippen molar-refractivity contribution in [1.82, 2.24) is 9.21 Å². The Morgan fingerprint density at radius 2 is 1.71 bits per heavy atom. The van der Waals surface area contributed by atoms with Crippen LogP contribution in [0.5, 0.6) is 0 Å². The highest BCUT2D eigenvalue weighted by atomic mass is 32.2. The number of hydrogen-bond acceptors (Lipinski definition) is 4. The molecule has 1 aliphatic heterocycles. The van der Waals surface area contributed by atoms with Crippen molar-refractivity contribution in [2.24, 2.45) is 5.73 Å². The zero-order valence-corrected chi connectivity index (χ0v) is 15.1. The molecular weight excluding hydrogens is 326 g/mol. The Kier molecular flexibility index (Phi) is 4.44. The summed E-state index contributed by atoms with van der Waals surface area (Å²) in [5.74, 6) is -0.142. The van der Waals surface area contributed by atoms with Crippen molar-refractivity contribution in [2.75, 3.05) is 26.2 Å². The van der Waals surface area contributed by atoms with E-state index in [2.05, 4.69) is 0 Å². The van der Waals surface area contributed by atoms with E-state index in [1.54, 1.807) is 24.8 Å². The van der Waals surface area contributed by atoms with Gasteiger partial charge in [0.15, 0.2) is 0 Å². The zero-order chi connectivity index (χ0) is 17.5. The van der Waals surface area contributed by atoms with Crippen LogP contribution >= 0.6 is 0 Å². The fourth-order valence-corrected chi connectivity index (χ4v) is 4.87. The van der Waals surface area contributed by atoms with Gasteiger partial charge in [-0.1, -0.05) is 6.07 Å². The fourth-order valence-electron chi connectivity index (χ4n) is 3.40. The molecule has 132 valence electrons. The van der Waals surface area contributed by atoms with Crippen LogP contribution in [0.15, 0.2) is 23.1 Å². The Bertz CT molecular complexity index is 745. The van der Waals surface area contributed by atoms with E-state index in [0.29, 0.717) is 31.1 Å². The Hall–Kier alpha value is -1.44. The van der Waals surface area contributed by atoms with Gasteiger partial charge in [-0.3, -0.25) is 4.79 Å². The second-order valence-corrected chi connectivity index (χ2v) is 9.14. The molecule has 3 rings (SSSR count). The summed E-state index contributed by atoms with van der Waals surface area (Å²) in [6.07, 6.45) is 3.08. The molecule has 1 heterocycles. The smallest absolute Gasteiger partial charge is 0.243 e. The first-order valence-corrected chi connectivity index (χ1v) is 9.84. The van der Waals surface area contributed by atoms with Gasteiger partial charge in [0.2, 0.25) is 15.9 Å². The van der Waals surface area contributed by atoms with Crippen molar-refractivity contribution in [1.29, 1.82) is 0 Å². The average molecular weight is 351 g/mol.